The van der Waals surface area contributed by atoms with Crippen molar-refractivity contribution in [1.29, 1.82) is 0 Å². The summed E-state index contributed by atoms with van der Waals surface area (Å²) in [6.45, 7) is 0. The number of aliphatic imine (C=N–C) groups is 2. The fraction of sp³-hybridized carbons (Fsp3) is 0. The summed E-state index contributed by atoms with van der Waals surface area (Å²) < 4.78 is 0. The maximum Gasteiger partial charge on any atom is 0.0717 e. The SMILES string of the molecule is C1=CC(=Nc2ccc(N3c4ccccc4Sc4ccccc43)c3ccccc23)c2ccccc2C1=Nc1cccc2ccccc12. The number of allylic oxidation sites excluding steroid dienone is 2. The van der Waals surface area contributed by atoms with E-state index in [1.54, 1.807) is 0 Å². The van der Waals surface area contributed by atoms with Crippen molar-refractivity contribution in [2.45, 2.75) is 9.79 Å². The zero-order chi connectivity index (χ0) is 30.5. The van der Waals surface area contributed by atoms with Gasteiger partial charge in [0.2, 0.25) is 0 Å². The highest BCUT2D eigenvalue weighted by Gasteiger charge is 2.26. The van der Waals surface area contributed by atoms with Crippen molar-refractivity contribution in [3.63, 3.8) is 0 Å². The highest BCUT2D eigenvalue weighted by molar-refractivity contribution is 7.99. The van der Waals surface area contributed by atoms with Crippen molar-refractivity contribution >= 4 is 73.2 Å². The molecule has 3 nitrogen and oxygen atoms in total. The van der Waals surface area contributed by atoms with Gasteiger partial charge in [0.25, 0.3) is 0 Å². The van der Waals surface area contributed by atoms with Gasteiger partial charge >= 0.3 is 0 Å². The van der Waals surface area contributed by atoms with Crippen LogP contribution in [0.15, 0.2) is 184 Å². The van der Waals surface area contributed by atoms with Gasteiger partial charge in [-0.15, -0.1) is 0 Å². The van der Waals surface area contributed by atoms with Crippen molar-refractivity contribution in [3.05, 3.63) is 175 Å². The molecule has 1 aliphatic heterocycles. The molecular weight excluding hydrogens is 579 g/mol. The van der Waals surface area contributed by atoms with E-state index in [2.05, 4.69) is 169 Å². The van der Waals surface area contributed by atoms with Crippen LogP contribution in [-0.4, -0.2) is 11.4 Å². The predicted octanol–water partition coefficient (Wildman–Crippen LogP) is 11.7. The lowest BCUT2D eigenvalue weighted by atomic mass is 9.93. The summed E-state index contributed by atoms with van der Waals surface area (Å²) in [5.41, 5.74) is 9.45. The van der Waals surface area contributed by atoms with Gasteiger partial charge in [-0.1, -0.05) is 121 Å². The highest BCUT2D eigenvalue weighted by atomic mass is 32.2. The minimum Gasteiger partial charge on any atom is -0.308 e. The Hall–Kier alpha value is -5.71. The summed E-state index contributed by atoms with van der Waals surface area (Å²) >= 11 is 1.83. The Morgan fingerprint density at radius 2 is 0.913 bits per heavy atom. The normalized spacial score (nSPS) is 15.3. The van der Waals surface area contributed by atoms with Crippen LogP contribution in [0.25, 0.3) is 21.5 Å². The van der Waals surface area contributed by atoms with Gasteiger partial charge in [-0.2, -0.15) is 0 Å². The second kappa shape index (κ2) is 11.0. The first-order valence-electron chi connectivity index (χ1n) is 15.4. The minimum atomic E-state index is 0.926. The van der Waals surface area contributed by atoms with Gasteiger partial charge < -0.3 is 4.90 Å². The monoisotopic (exact) mass is 605 g/mol. The largest absolute Gasteiger partial charge is 0.308 e. The molecule has 4 heteroatoms. The van der Waals surface area contributed by atoms with Gasteiger partial charge in [0, 0.05) is 37.1 Å². The van der Waals surface area contributed by atoms with Crippen LogP contribution in [0.3, 0.4) is 0 Å². The van der Waals surface area contributed by atoms with E-state index in [0.29, 0.717) is 0 Å². The van der Waals surface area contributed by atoms with Crippen LogP contribution in [0.2, 0.25) is 0 Å². The number of hydrogen-bond acceptors (Lipinski definition) is 4. The molecule has 0 N–H and O–H groups in total. The predicted molar refractivity (Wildman–Crippen MR) is 195 cm³/mol. The van der Waals surface area contributed by atoms with E-state index >= 15 is 0 Å². The third kappa shape index (κ3) is 4.46. The zero-order valence-corrected chi connectivity index (χ0v) is 25.7. The molecule has 1 heterocycles. The molecule has 9 rings (SSSR count). The average Bonchev–Trinajstić information content (AvgIpc) is 3.12. The molecule has 1 aliphatic carbocycles. The maximum absolute atomic E-state index is 5.31. The zero-order valence-electron chi connectivity index (χ0n) is 24.8. The topological polar surface area (TPSA) is 28.0 Å². The van der Waals surface area contributed by atoms with Gasteiger partial charge in [-0.05, 0) is 60.0 Å². The molecule has 0 spiro atoms. The molecule has 0 amide bonds. The van der Waals surface area contributed by atoms with E-state index in [9.17, 15) is 0 Å². The molecular formula is C42H27N3S. The van der Waals surface area contributed by atoms with E-state index in [4.69, 9.17) is 9.98 Å². The lowest BCUT2D eigenvalue weighted by molar-refractivity contribution is 1.17. The van der Waals surface area contributed by atoms with Crippen molar-refractivity contribution in [2.75, 3.05) is 4.90 Å². The van der Waals surface area contributed by atoms with Crippen LogP contribution in [0, 0.1) is 0 Å². The van der Waals surface area contributed by atoms with Gasteiger partial charge in [-0.25, -0.2) is 9.98 Å². The van der Waals surface area contributed by atoms with E-state index in [-0.39, 0.29) is 0 Å². The van der Waals surface area contributed by atoms with Crippen LogP contribution >= 0.6 is 11.8 Å². The smallest absolute Gasteiger partial charge is 0.0717 e. The molecule has 0 saturated heterocycles. The molecule has 0 radical (unpaired) electrons. The van der Waals surface area contributed by atoms with Crippen molar-refractivity contribution in [1.82, 2.24) is 0 Å². The summed E-state index contributed by atoms with van der Waals surface area (Å²) in [6, 6.07) is 53.4. The number of anilines is 3. The van der Waals surface area contributed by atoms with Crippen LogP contribution in [0.5, 0.6) is 0 Å². The van der Waals surface area contributed by atoms with Crippen molar-refractivity contribution in [3.8, 4) is 0 Å². The Morgan fingerprint density at radius 3 is 1.61 bits per heavy atom. The summed E-state index contributed by atoms with van der Waals surface area (Å²) in [5, 5.41) is 4.60. The first kappa shape index (κ1) is 26.7. The number of fused-ring (bicyclic) bond motifs is 5. The Kier molecular flexibility index (Phi) is 6.39. The lowest BCUT2D eigenvalue weighted by Gasteiger charge is -2.33. The number of benzene rings is 7. The number of rotatable bonds is 3. The molecule has 0 saturated carbocycles. The van der Waals surface area contributed by atoms with E-state index in [0.717, 1.165) is 55.8 Å². The molecule has 7 aromatic rings. The standard InChI is InChI=1S/C42H27N3S/c1-2-14-29-28(12-1)13-11-19-34(29)43-35-24-25-36(31-16-4-3-15-30(31)35)44-37-26-27-38(33-18-6-5-17-32(33)37)45-39-20-7-9-22-41(39)46-42-23-10-8-21-40(42)45/h1-27H. The molecule has 0 atom stereocenters. The number of para-hydroxylation sites is 2. The van der Waals surface area contributed by atoms with Crippen LogP contribution < -0.4 is 4.90 Å². The molecule has 0 bridgehead atoms. The molecule has 46 heavy (non-hydrogen) atoms. The van der Waals surface area contributed by atoms with Crippen LogP contribution in [0.1, 0.15) is 11.1 Å². The van der Waals surface area contributed by atoms with Gasteiger partial charge in [0.1, 0.15) is 0 Å². The van der Waals surface area contributed by atoms with Gasteiger partial charge in [-0.3, -0.25) is 0 Å². The van der Waals surface area contributed by atoms with Gasteiger partial charge in [0.15, 0.2) is 0 Å². The van der Waals surface area contributed by atoms with Crippen molar-refractivity contribution < 1.29 is 0 Å². The molecule has 0 unspecified atom stereocenters. The number of hydrogen-bond donors (Lipinski definition) is 0. The second-order valence-corrected chi connectivity index (χ2v) is 12.5. The first-order valence-corrected chi connectivity index (χ1v) is 16.2. The van der Waals surface area contributed by atoms with Crippen molar-refractivity contribution in [2.24, 2.45) is 9.98 Å². The molecule has 0 fully saturated rings. The maximum atomic E-state index is 5.31. The second-order valence-electron chi connectivity index (χ2n) is 11.4. The van der Waals surface area contributed by atoms with E-state index in [1.807, 2.05) is 11.8 Å². The molecule has 7 aromatic carbocycles. The Balaban J connectivity index is 1.17. The third-order valence-electron chi connectivity index (χ3n) is 8.68. The van der Waals surface area contributed by atoms with Crippen LogP contribution in [0.4, 0.5) is 28.4 Å². The summed E-state index contributed by atoms with van der Waals surface area (Å²) in [5.74, 6) is 0. The fourth-order valence-corrected chi connectivity index (χ4v) is 7.61. The lowest BCUT2D eigenvalue weighted by Crippen LogP contribution is -2.15. The summed E-state index contributed by atoms with van der Waals surface area (Å²) in [6.07, 6.45) is 4.20. The minimum absolute atomic E-state index is 0.926. The summed E-state index contributed by atoms with van der Waals surface area (Å²) in [7, 11) is 0. The fourth-order valence-electron chi connectivity index (χ4n) is 6.55. The molecule has 2 aliphatic rings. The van der Waals surface area contributed by atoms with E-state index < -0.39 is 0 Å². The Labute approximate surface area is 271 Å². The third-order valence-corrected chi connectivity index (χ3v) is 9.81. The Morgan fingerprint density at radius 1 is 0.391 bits per heavy atom. The van der Waals surface area contributed by atoms with E-state index in [1.165, 1.54) is 26.6 Å². The molecule has 0 aromatic heterocycles. The Bertz CT molecular complexity index is 2370. The summed E-state index contributed by atoms with van der Waals surface area (Å²) in [4.78, 5) is 15.3. The number of nitrogens with zero attached hydrogens (tertiary/aromatic N) is 3. The van der Waals surface area contributed by atoms with Crippen LogP contribution in [-0.2, 0) is 0 Å². The average molecular weight is 606 g/mol. The quantitative estimate of drug-likeness (QED) is 0.200. The first-order chi connectivity index (χ1) is 22.8. The highest BCUT2D eigenvalue weighted by Crippen LogP contribution is 2.52. The molecule has 216 valence electrons. The van der Waals surface area contributed by atoms with Gasteiger partial charge in [0.05, 0.1) is 39.9 Å².